The molecule has 0 aromatic heterocycles. The van der Waals surface area contributed by atoms with E-state index in [-0.39, 0.29) is 16.7 Å². The molecule has 7 heteroatoms. The molecule has 0 fully saturated rings. The molecule has 0 saturated carbocycles. The molecule has 0 heterocycles. The summed E-state index contributed by atoms with van der Waals surface area (Å²) in [5, 5.41) is 19.1. The first-order valence-electron chi connectivity index (χ1n) is 8.50. The lowest BCUT2D eigenvalue weighted by Crippen LogP contribution is -2.13. The first-order valence-corrected chi connectivity index (χ1v) is 9.29. The van der Waals surface area contributed by atoms with Crippen LogP contribution in [0.1, 0.15) is 38.3 Å². The third-order valence-corrected chi connectivity index (χ3v) is 5.19. The standard InChI is InChI=1S/C22H15BrF2O4/c1-11-16(21(26)27)10-17(19(20(24)25)18(11)22(28)29)15-5-3-2-4-14(15)12-6-8-13(23)9-7-12/h2-10,20H,1H3,(H,26,27)(H,28,29). The monoisotopic (exact) mass is 460 g/mol. The van der Waals surface area contributed by atoms with Gasteiger partial charge in [0.25, 0.3) is 6.43 Å². The molecule has 4 nitrogen and oxygen atoms in total. The Hall–Kier alpha value is -3.06. The van der Waals surface area contributed by atoms with E-state index in [1.165, 1.54) is 6.92 Å². The second-order valence-corrected chi connectivity index (χ2v) is 7.26. The van der Waals surface area contributed by atoms with E-state index in [2.05, 4.69) is 15.9 Å². The highest BCUT2D eigenvalue weighted by molar-refractivity contribution is 9.10. The van der Waals surface area contributed by atoms with Gasteiger partial charge >= 0.3 is 11.9 Å². The van der Waals surface area contributed by atoms with E-state index >= 15 is 0 Å². The summed E-state index contributed by atoms with van der Waals surface area (Å²) >= 11 is 3.34. The number of benzene rings is 3. The molecule has 0 saturated heterocycles. The van der Waals surface area contributed by atoms with Crippen LogP contribution < -0.4 is 0 Å². The van der Waals surface area contributed by atoms with Gasteiger partial charge in [-0.1, -0.05) is 52.3 Å². The van der Waals surface area contributed by atoms with Crippen molar-refractivity contribution in [2.24, 2.45) is 0 Å². The summed E-state index contributed by atoms with van der Waals surface area (Å²) in [6.45, 7) is 1.23. The van der Waals surface area contributed by atoms with Gasteiger partial charge in [-0.3, -0.25) is 0 Å². The van der Waals surface area contributed by atoms with Gasteiger partial charge in [0, 0.05) is 10.0 Å². The van der Waals surface area contributed by atoms with Crippen LogP contribution in [0.15, 0.2) is 59.1 Å². The SMILES string of the molecule is Cc1c(C(=O)O)cc(-c2ccccc2-c2ccc(Br)cc2)c(C(F)F)c1C(=O)O. The van der Waals surface area contributed by atoms with Gasteiger partial charge in [0.05, 0.1) is 11.1 Å². The average molecular weight is 461 g/mol. The van der Waals surface area contributed by atoms with Crippen molar-refractivity contribution in [2.45, 2.75) is 13.3 Å². The Morgan fingerprint density at radius 3 is 2.00 bits per heavy atom. The van der Waals surface area contributed by atoms with Gasteiger partial charge in [0.2, 0.25) is 0 Å². The molecule has 29 heavy (non-hydrogen) atoms. The molecule has 0 aliphatic rings. The number of rotatable bonds is 5. The zero-order valence-corrected chi connectivity index (χ0v) is 16.7. The van der Waals surface area contributed by atoms with Crippen molar-refractivity contribution < 1.29 is 28.6 Å². The molecular formula is C22H15BrF2O4. The molecule has 0 atom stereocenters. The molecule has 0 spiro atoms. The van der Waals surface area contributed by atoms with Gasteiger partial charge in [0.1, 0.15) is 0 Å². The Labute approximate surface area is 173 Å². The van der Waals surface area contributed by atoms with Crippen LogP contribution in [0.25, 0.3) is 22.3 Å². The predicted octanol–water partition coefficient (Wildman–Crippen LogP) is 6.43. The minimum absolute atomic E-state index is 0.112. The van der Waals surface area contributed by atoms with E-state index in [1.54, 1.807) is 48.5 Å². The normalized spacial score (nSPS) is 10.9. The lowest BCUT2D eigenvalue weighted by molar-refractivity contribution is 0.0683. The smallest absolute Gasteiger partial charge is 0.336 e. The van der Waals surface area contributed by atoms with Crippen LogP contribution in [0.2, 0.25) is 0 Å². The van der Waals surface area contributed by atoms with E-state index in [0.29, 0.717) is 11.1 Å². The average Bonchev–Trinajstić information content (AvgIpc) is 2.67. The van der Waals surface area contributed by atoms with Crippen molar-refractivity contribution in [3.8, 4) is 22.3 Å². The lowest BCUT2D eigenvalue weighted by Gasteiger charge is -2.19. The molecule has 0 unspecified atom stereocenters. The zero-order valence-electron chi connectivity index (χ0n) is 15.1. The van der Waals surface area contributed by atoms with Crippen molar-refractivity contribution in [2.75, 3.05) is 0 Å². The summed E-state index contributed by atoms with van der Waals surface area (Å²) in [6, 6.07) is 14.9. The second-order valence-electron chi connectivity index (χ2n) is 6.35. The Morgan fingerprint density at radius 1 is 0.897 bits per heavy atom. The van der Waals surface area contributed by atoms with Crippen LogP contribution in [0.4, 0.5) is 8.78 Å². The van der Waals surface area contributed by atoms with Crippen LogP contribution in [-0.4, -0.2) is 22.2 Å². The maximum absolute atomic E-state index is 14.0. The second kappa shape index (κ2) is 8.13. The number of carboxylic acids is 2. The van der Waals surface area contributed by atoms with E-state index in [1.807, 2.05) is 0 Å². The first kappa shape index (κ1) is 20.7. The zero-order chi connectivity index (χ0) is 21.3. The van der Waals surface area contributed by atoms with Crippen LogP contribution in [0, 0.1) is 6.92 Å². The minimum Gasteiger partial charge on any atom is -0.478 e. The third kappa shape index (κ3) is 3.91. The van der Waals surface area contributed by atoms with Crippen LogP contribution >= 0.6 is 15.9 Å². The summed E-state index contributed by atoms with van der Waals surface area (Å²) in [5.74, 6) is -2.98. The van der Waals surface area contributed by atoms with Gasteiger partial charge in [-0.15, -0.1) is 0 Å². The fraction of sp³-hybridized carbons (Fsp3) is 0.0909. The van der Waals surface area contributed by atoms with Crippen LogP contribution in [-0.2, 0) is 0 Å². The number of alkyl halides is 2. The Morgan fingerprint density at radius 2 is 1.48 bits per heavy atom. The molecular weight excluding hydrogens is 446 g/mol. The van der Waals surface area contributed by atoms with Gasteiger partial charge < -0.3 is 10.2 Å². The van der Waals surface area contributed by atoms with E-state index in [0.717, 1.165) is 16.1 Å². The number of carboxylic acid groups (broad SMARTS) is 2. The number of hydrogen-bond donors (Lipinski definition) is 2. The number of aromatic carboxylic acids is 2. The highest BCUT2D eigenvalue weighted by Gasteiger charge is 2.29. The number of carbonyl (C=O) groups is 2. The Kier molecular flexibility index (Phi) is 5.79. The number of hydrogen-bond acceptors (Lipinski definition) is 2. The first-order chi connectivity index (χ1) is 13.7. The lowest BCUT2D eigenvalue weighted by atomic mass is 9.86. The molecule has 2 N–H and O–H groups in total. The summed E-state index contributed by atoms with van der Waals surface area (Å²) in [7, 11) is 0. The van der Waals surface area contributed by atoms with E-state index in [4.69, 9.17) is 0 Å². The fourth-order valence-electron chi connectivity index (χ4n) is 3.35. The van der Waals surface area contributed by atoms with Crippen molar-refractivity contribution in [3.05, 3.63) is 81.3 Å². The maximum Gasteiger partial charge on any atom is 0.336 e. The van der Waals surface area contributed by atoms with E-state index < -0.39 is 29.5 Å². The summed E-state index contributed by atoms with van der Waals surface area (Å²) < 4.78 is 28.9. The molecule has 148 valence electrons. The molecule has 0 amide bonds. The molecule has 0 aliphatic carbocycles. The van der Waals surface area contributed by atoms with Crippen molar-refractivity contribution >= 4 is 27.9 Å². The molecule has 0 radical (unpaired) electrons. The third-order valence-electron chi connectivity index (χ3n) is 4.66. The van der Waals surface area contributed by atoms with Gasteiger partial charge in [-0.25, -0.2) is 18.4 Å². The quantitative estimate of drug-likeness (QED) is 0.460. The Balaban J connectivity index is 2.42. The highest BCUT2D eigenvalue weighted by Crippen LogP contribution is 2.41. The van der Waals surface area contributed by atoms with Crippen molar-refractivity contribution in [1.29, 1.82) is 0 Å². The minimum atomic E-state index is -3.10. The summed E-state index contributed by atoms with van der Waals surface area (Å²) in [4.78, 5) is 23.4. The maximum atomic E-state index is 14.0. The Bertz CT molecular complexity index is 1110. The predicted molar refractivity (Wildman–Crippen MR) is 109 cm³/mol. The molecule has 3 aromatic rings. The molecule has 3 rings (SSSR count). The summed E-state index contributed by atoms with van der Waals surface area (Å²) in [6.07, 6.45) is -3.10. The van der Waals surface area contributed by atoms with Crippen molar-refractivity contribution in [3.63, 3.8) is 0 Å². The molecule has 0 bridgehead atoms. The topological polar surface area (TPSA) is 74.6 Å². The van der Waals surface area contributed by atoms with E-state index in [9.17, 15) is 28.6 Å². The fourth-order valence-corrected chi connectivity index (χ4v) is 3.61. The number of halogens is 3. The van der Waals surface area contributed by atoms with Gasteiger partial charge in [0.15, 0.2) is 0 Å². The molecule has 3 aromatic carbocycles. The van der Waals surface area contributed by atoms with Crippen molar-refractivity contribution in [1.82, 2.24) is 0 Å². The largest absolute Gasteiger partial charge is 0.478 e. The van der Waals surface area contributed by atoms with Crippen LogP contribution in [0.5, 0.6) is 0 Å². The van der Waals surface area contributed by atoms with Gasteiger partial charge in [-0.2, -0.15) is 0 Å². The van der Waals surface area contributed by atoms with Gasteiger partial charge in [-0.05, 0) is 52.9 Å². The van der Waals surface area contributed by atoms with Crippen LogP contribution in [0.3, 0.4) is 0 Å². The highest BCUT2D eigenvalue weighted by atomic mass is 79.9. The summed E-state index contributed by atoms with van der Waals surface area (Å²) in [5.41, 5.74) is -0.381. The molecule has 0 aliphatic heterocycles.